The van der Waals surface area contributed by atoms with Gasteiger partial charge in [-0.25, -0.2) is 0 Å². The highest BCUT2D eigenvalue weighted by Crippen LogP contribution is 2.28. The van der Waals surface area contributed by atoms with Gasteiger partial charge in [-0.2, -0.15) is 8.42 Å². The molecule has 0 saturated carbocycles. The minimum absolute atomic E-state index is 0.0497. The summed E-state index contributed by atoms with van der Waals surface area (Å²) in [6, 6.07) is 12.5. The molecule has 0 fully saturated rings. The molecule has 0 heterocycles. The first-order chi connectivity index (χ1) is 8.38. The maximum atomic E-state index is 11.4. The van der Waals surface area contributed by atoms with Crippen molar-refractivity contribution in [2.45, 2.75) is 18.7 Å². The second kappa shape index (κ2) is 4.55. The summed E-state index contributed by atoms with van der Waals surface area (Å²) in [7, 11) is -4.21. The topological polar surface area (TPSA) is 54.4 Å². The Morgan fingerprint density at radius 3 is 2.00 bits per heavy atom. The van der Waals surface area contributed by atoms with Gasteiger partial charge < -0.3 is 0 Å². The van der Waals surface area contributed by atoms with Crippen molar-refractivity contribution in [3.63, 3.8) is 0 Å². The Morgan fingerprint density at radius 1 is 0.889 bits per heavy atom. The lowest BCUT2D eigenvalue weighted by Gasteiger charge is -2.08. The lowest BCUT2D eigenvalue weighted by atomic mass is 10.0. The van der Waals surface area contributed by atoms with Crippen LogP contribution in [0.1, 0.15) is 11.1 Å². The van der Waals surface area contributed by atoms with Gasteiger partial charge in [0, 0.05) is 5.56 Å². The third-order valence-corrected chi connectivity index (χ3v) is 3.67. The van der Waals surface area contributed by atoms with Crippen LogP contribution in [0.5, 0.6) is 0 Å². The smallest absolute Gasteiger partial charge is 0.282 e. The molecule has 18 heavy (non-hydrogen) atoms. The third-order valence-electron chi connectivity index (χ3n) is 2.78. The lowest BCUT2D eigenvalue weighted by Crippen LogP contribution is -2.01. The van der Waals surface area contributed by atoms with Crippen molar-refractivity contribution in [2.75, 3.05) is 0 Å². The van der Waals surface area contributed by atoms with Crippen molar-refractivity contribution in [3.05, 3.63) is 53.6 Å². The van der Waals surface area contributed by atoms with Crippen molar-refractivity contribution < 1.29 is 13.0 Å². The average molecular weight is 262 g/mol. The highest BCUT2D eigenvalue weighted by molar-refractivity contribution is 7.86. The number of hydrogen-bond acceptors (Lipinski definition) is 2. The fraction of sp³-hybridized carbons (Fsp3) is 0.143. The van der Waals surface area contributed by atoms with Gasteiger partial charge in [0.2, 0.25) is 0 Å². The first kappa shape index (κ1) is 12.8. The van der Waals surface area contributed by atoms with Gasteiger partial charge >= 0.3 is 0 Å². The van der Waals surface area contributed by atoms with Crippen LogP contribution in [0.3, 0.4) is 0 Å². The Hall–Kier alpha value is -1.65. The van der Waals surface area contributed by atoms with Crippen LogP contribution >= 0.6 is 0 Å². The molecule has 2 rings (SSSR count). The van der Waals surface area contributed by atoms with Gasteiger partial charge in [-0.15, -0.1) is 0 Å². The van der Waals surface area contributed by atoms with Crippen LogP contribution in [0.15, 0.2) is 47.4 Å². The molecule has 2 aromatic rings. The fourth-order valence-electron chi connectivity index (χ4n) is 1.81. The van der Waals surface area contributed by atoms with E-state index in [0.29, 0.717) is 5.56 Å². The molecule has 0 bridgehead atoms. The highest BCUT2D eigenvalue weighted by atomic mass is 32.2. The number of benzene rings is 2. The third kappa shape index (κ3) is 2.60. The molecular formula is C14H14O3S. The van der Waals surface area contributed by atoms with Crippen molar-refractivity contribution in [3.8, 4) is 11.1 Å². The molecule has 0 unspecified atom stereocenters. The van der Waals surface area contributed by atoms with Gasteiger partial charge in [0.25, 0.3) is 10.1 Å². The Balaban J connectivity index is 2.68. The van der Waals surface area contributed by atoms with Gasteiger partial charge in [-0.1, -0.05) is 42.0 Å². The van der Waals surface area contributed by atoms with Crippen molar-refractivity contribution in [1.29, 1.82) is 0 Å². The zero-order valence-corrected chi connectivity index (χ0v) is 11.0. The van der Waals surface area contributed by atoms with E-state index in [2.05, 4.69) is 0 Å². The second-order valence-corrected chi connectivity index (χ2v) is 5.73. The van der Waals surface area contributed by atoms with Gasteiger partial charge in [0.1, 0.15) is 4.90 Å². The van der Waals surface area contributed by atoms with Gasteiger partial charge in [-0.3, -0.25) is 4.55 Å². The Morgan fingerprint density at radius 2 is 1.44 bits per heavy atom. The molecule has 0 aliphatic rings. The molecule has 4 heteroatoms. The van der Waals surface area contributed by atoms with E-state index in [1.807, 2.05) is 37.3 Å². The van der Waals surface area contributed by atoms with E-state index in [-0.39, 0.29) is 4.90 Å². The van der Waals surface area contributed by atoms with Crippen LogP contribution in [0.2, 0.25) is 0 Å². The van der Waals surface area contributed by atoms with Crippen LogP contribution in [0, 0.1) is 13.8 Å². The highest BCUT2D eigenvalue weighted by Gasteiger charge is 2.16. The summed E-state index contributed by atoms with van der Waals surface area (Å²) in [6.45, 7) is 3.75. The van der Waals surface area contributed by atoms with E-state index in [4.69, 9.17) is 0 Å². The monoisotopic (exact) mass is 262 g/mol. The lowest BCUT2D eigenvalue weighted by molar-refractivity contribution is 0.483. The van der Waals surface area contributed by atoms with Crippen molar-refractivity contribution in [2.24, 2.45) is 0 Å². The van der Waals surface area contributed by atoms with E-state index in [9.17, 15) is 13.0 Å². The maximum Gasteiger partial charge on any atom is 0.295 e. The molecule has 1 N–H and O–H groups in total. The molecule has 94 valence electrons. The van der Waals surface area contributed by atoms with Gasteiger partial charge in [0.15, 0.2) is 0 Å². The van der Waals surface area contributed by atoms with Crippen LogP contribution in [-0.4, -0.2) is 13.0 Å². The zero-order chi connectivity index (χ0) is 13.3. The summed E-state index contributed by atoms with van der Waals surface area (Å²) in [5.41, 5.74) is 3.18. The Kier molecular flexibility index (Phi) is 3.24. The summed E-state index contributed by atoms with van der Waals surface area (Å²) in [4.78, 5) is -0.0497. The van der Waals surface area contributed by atoms with Crippen LogP contribution < -0.4 is 0 Å². The second-order valence-electron chi connectivity index (χ2n) is 4.34. The molecule has 3 nitrogen and oxygen atoms in total. The number of rotatable bonds is 2. The Labute approximate surface area is 107 Å². The molecule has 0 spiro atoms. The normalized spacial score (nSPS) is 11.5. The number of hydrogen-bond donors (Lipinski definition) is 1. The summed E-state index contributed by atoms with van der Waals surface area (Å²) < 4.78 is 32.1. The summed E-state index contributed by atoms with van der Waals surface area (Å²) >= 11 is 0. The molecule has 0 saturated heterocycles. The number of aryl methyl sites for hydroxylation is 2. The minimum Gasteiger partial charge on any atom is -0.282 e. The first-order valence-corrected chi connectivity index (χ1v) is 6.97. The van der Waals surface area contributed by atoms with E-state index in [1.54, 1.807) is 13.0 Å². The predicted molar refractivity (Wildman–Crippen MR) is 71.2 cm³/mol. The van der Waals surface area contributed by atoms with Crippen molar-refractivity contribution in [1.82, 2.24) is 0 Å². The molecule has 0 radical (unpaired) electrons. The van der Waals surface area contributed by atoms with Crippen molar-refractivity contribution >= 4 is 10.1 Å². The summed E-state index contributed by atoms with van der Waals surface area (Å²) in [5, 5.41) is 0. The van der Waals surface area contributed by atoms with E-state index >= 15 is 0 Å². The first-order valence-electron chi connectivity index (χ1n) is 5.53. The summed E-state index contributed by atoms with van der Waals surface area (Å²) in [6.07, 6.45) is 0. The molecular weight excluding hydrogens is 248 g/mol. The molecule has 0 aromatic heterocycles. The quantitative estimate of drug-likeness (QED) is 0.845. The predicted octanol–water partition coefficient (Wildman–Crippen LogP) is 3.22. The van der Waals surface area contributed by atoms with Gasteiger partial charge in [0.05, 0.1) is 0 Å². The maximum absolute atomic E-state index is 11.4. The zero-order valence-electron chi connectivity index (χ0n) is 10.2. The SMILES string of the molecule is Cc1ccc(-c2ccc(C)cc2S(=O)(=O)O)cc1. The van der Waals surface area contributed by atoms with Crippen LogP contribution in [-0.2, 0) is 10.1 Å². The van der Waals surface area contributed by atoms with E-state index in [1.165, 1.54) is 6.07 Å². The Bertz CT molecular complexity index is 671. The van der Waals surface area contributed by atoms with Crippen LogP contribution in [0.4, 0.5) is 0 Å². The fourth-order valence-corrected chi connectivity index (χ4v) is 2.61. The van der Waals surface area contributed by atoms with Gasteiger partial charge in [-0.05, 0) is 31.0 Å². The molecule has 0 amide bonds. The summed E-state index contributed by atoms with van der Waals surface area (Å²) in [5.74, 6) is 0. The van der Waals surface area contributed by atoms with E-state index in [0.717, 1.165) is 16.7 Å². The average Bonchev–Trinajstić information content (AvgIpc) is 2.29. The standard InChI is InChI=1S/C14H14O3S/c1-10-3-6-12(7-4-10)13-8-5-11(2)9-14(13)18(15,16)17/h3-9H,1-2H3,(H,15,16,17). The molecule has 2 aromatic carbocycles. The van der Waals surface area contributed by atoms with E-state index < -0.39 is 10.1 Å². The molecule has 0 aliphatic heterocycles. The largest absolute Gasteiger partial charge is 0.295 e. The molecule has 0 atom stereocenters. The van der Waals surface area contributed by atoms with Crippen LogP contribution in [0.25, 0.3) is 11.1 Å². The minimum atomic E-state index is -4.21. The molecule has 0 aliphatic carbocycles.